The van der Waals surface area contributed by atoms with E-state index in [2.05, 4.69) is 15.9 Å². The number of aldehydes is 1. The fourth-order valence-corrected chi connectivity index (χ4v) is 1.55. The standard InChI is InChI=1S/C10H6BrNO2/c1-6(14)7-2-3-10(11)9(5-13)8(7)4-12/h2-3,5H,1H3. The minimum absolute atomic E-state index is 0.127. The SMILES string of the molecule is CC(=O)c1ccc(Br)c(C=O)c1C#N. The van der Waals surface area contributed by atoms with Gasteiger partial charge in [0.15, 0.2) is 12.1 Å². The highest BCUT2D eigenvalue weighted by Crippen LogP contribution is 2.22. The molecule has 0 N–H and O–H groups in total. The van der Waals surface area contributed by atoms with E-state index < -0.39 is 0 Å². The van der Waals surface area contributed by atoms with E-state index in [9.17, 15) is 9.59 Å². The lowest BCUT2D eigenvalue weighted by Crippen LogP contribution is -2.01. The summed E-state index contributed by atoms with van der Waals surface area (Å²) in [6.45, 7) is 1.36. The molecule has 0 aromatic heterocycles. The van der Waals surface area contributed by atoms with Crippen LogP contribution in [0.5, 0.6) is 0 Å². The first-order valence-electron chi connectivity index (χ1n) is 3.80. The molecule has 70 valence electrons. The van der Waals surface area contributed by atoms with E-state index in [1.165, 1.54) is 13.0 Å². The number of carbonyl (C=O) groups is 2. The average Bonchev–Trinajstić information content (AvgIpc) is 2.16. The molecule has 1 aromatic carbocycles. The summed E-state index contributed by atoms with van der Waals surface area (Å²) in [6, 6.07) is 4.97. The fraction of sp³-hybridized carbons (Fsp3) is 0.100. The van der Waals surface area contributed by atoms with Crippen molar-refractivity contribution in [3.05, 3.63) is 33.3 Å². The van der Waals surface area contributed by atoms with Crippen molar-refractivity contribution in [3.63, 3.8) is 0 Å². The number of halogens is 1. The van der Waals surface area contributed by atoms with Gasteiger partial charge in [-0.15, -0.1) is 0 Å². The van der Waals surface area contributed by atoms with Crippen LogP contribution in [0.2, 0.25) is 0 Å². The molecule has 0 spiro atoms. The summed E-state index contributed by atoms with van der Waals surface area (Å²) in [6.07, 6.45) is 0.565. The maximum absolute atomic E-state index is 11.1. The summed E-state index contributed by atoms with van der Waals surface area (Å²) in [5.74, 6) is -0.225. The molecular weight excluding hydrogens is 246 g/mol. The molecule has 0 saturated carbocycles. The Hall–Kier alpha value is -1.47. The molecule has 0 radical (unpaired) electrons. The summed E-state index contributed by atoms with van der Waals surface area (Å²) in [5.41, 5.74) is 0.625. The smallest absolute Gasteiger partial charge is 0.161 e. The lowest BCUT2D eigenvalue weighted by Gasteiger charge is -2.03. The topological polar surface area (TPSA) is 57.9 Å². The number of benzene rings is 1. The Bertz CT molecular complexity index is 446. The molecule has 0 saturated heterocycles. The number of carbonyl (C=O) groups excluding carboxylic acids is 2. The average molecular weight is 252 g/mol. The van der Waals surface area contributed by atoms with Gasteiger partial charge in [-0.1, -0.05) is 15.9 Å². The molecule has 0 aliphatic rings. The number of Topliss-reactive ketones (excluding diaryl/α,β-unsaturated/α-hetero) is 1. The minimum Gasteiger partial charge on any atom is -0.298 e. The van der Waals surface area contributed by atoms with Gasteiger partial charge in [-0.3, -0.25) is 9.59 Å². The van der Waals surface area contributed by atoms with Crippen molar-refractivity contribution < 1.29 is 9.59 Å². The van der Waals surface area contributed by atoms with Gasteiger partial charge in [0.1, 0.15) is 6.07 Å². The van der Waals surface area contributed by atoms with Crippen LogP contribution in [0.15, 0.2) is 16.6 Å². The lowest BCUT2D eigenvalue weighted by atomic mass is 10.0. The van der Waals surface area contributed by atoms with Crippen molar-refractivity contribution in [2.45, 2.75) is 6.92 Å². The number of ketones is 1. The molecule has 14 heavy (non-hydrogen) atoms. The van der Waals surface area contributed by atoms with E-state index in [-0.39, 0.29) is 22.5 Å². The molecule has 4 heteroatoms. The Balaban J connectivity index is 3.58. The highest BCUT2D eigenvalue weighted by atomic mass is 79.9. The Morgan fingerprint density at radius 3 is 2.64 bits per heavy atom. The van der Waals surface area contributed by atoms with E-state index in [1.807, 2.05) is 6.07 Å². The van der Waals surface area contributed by atoms with E-state index in [4.69, 9.17) is 5.26 Å². The molecule has 3 nitrogen and oxygen atoms in total. The van der Waals surface area contributed by atoms with Crippen molar-refractivity contribution in [2.75, 3.05) is 0 Å². The molecule has 0 amide bonds. The zero-order valence-corrected chi connectivity index (χ0v) is 8.96. The molecule has 0 heterocycles. The second-order valence-corrected chi connectivity index (χ2v) is 3.52. The predicted octanol–water partition coefficient (Wildman–Crippen LogP) is 2.34. The number of hydrogen-bond acceptors (Lipinski definition) is 3. The van der Waals surface area contributed by atoms with Gasteiger partial charge in [0.25, 0.3) is 0 Å². The third kappa shape index (κ3) is 1.73. The Morgan fingerprint density at radius 1 is 1.57 bits per heavy atom. The van der Waals surface area contributed by atoms with Gasteiger partial charge < -0.3 is 0 Å². The molecule has 0 aliphatic carbocycles. The van der Waals surface area contributed by atoms with Crippen LogP contribution >= 0.6 is 15.9 Å². The minimum atomic E-state index is -0.225. The van der Waals surface area contributed by atoms with E-state index in [0.29, 0.717) is 10.8 Å². The number of nitrogens with zero attached hydrogens (tertiary/aromatic N) is 1. The van der Waals surface area contributed by atoms with Gasteiger partial charge in [0.05, 0.1) is 5.56 Å². The van der Waals surface area contributed by atoms with Crippen LogP contribution in [0.25, 0.3) is 0 Å². The maximum Gasteiger partial charge on any atom is 0.161 e. The first-order chi connectivity index (χ1) is 6.61. The molecule has 0 unspecified atom stereocenters. The highest BCUT2D eigenvalue weighted by Gasteiger charge is 2.13. The van der Waals surface area contributed by atoms with Crippen molar-refractivity contribution >= 4 is 28.0 Å². The van der Waals surface area contributed by atoms with Gasteiger partial charge in [0, 0.05) is 15.6 Å². The molecular formula is C10H6BrNO2. The van der Waals surface area contributed by atoms with Crippen LogP contribution in [0.3, 0.4) is 0 Å². The van der Waals surface area contributed by atoms with Gasteiger partial charge in [-0.2, -0.15) is 5.26 Å². The maximum atomic E-state index is 11.1. The van der Waals surface area contributed by atoms with Crippen molar-refractivity contribution in [1.29, 1.82) is 5.26 Å². The van der Waals surface area contributed by atoms with Crippen LogP contribution in [-0.2, 0) is 0 Å². The van der Waals surface area contributed by atoms with Crippen LogP contribution in [0, 0.1) is 11.3 Å². The molecule has 0 atom stereocenters. The van der Waals surface area contributed by atoms with Gasteiger partial charge >= 0.3 is 0 Å². The monoisotopic (exact) mass is 251 g/mol. The largest absolute Gasteiger partial charge is 0.298 e. The zero-order chi connectivity index (χ0) is 10.7. The van der Waals surface area contributed by atoms with Crippen LogP contribution in [0.1, 0.15) is 33.2 Å². The van der Waals surface area contributed by atoms with E-state index >= 15 is 0 Å². The molecule has 1 rings (SSSR count). The van der Waals surface area contributed by atoms with Gasteiger partial charge in [-0.05, 0) is 19.1 Å². The van der Waals surface area contributed by atoms with Crippen LogP contribution < -0.4 is 0 Å². The Kier molecular flexibility index (Phi) is 3.15. The van der Waals surface area contributed by atoms with Crippen molar-refractivity contribution in [3.8, 4) is 6.07 Å². The summed E-state index contributed by atoms with van der Waals surface area (Å²) < 4.78 is 0.522. The summed E-state index contributed by atoms with van der Waals surface area (Å²) in [7, 11) is 0. The van der Waals surface area contributed by atoms with Crippen molar-refractivity contribution in [1.82, 2.24) is 0 Å². The number of nitriles is 1. The predicted molar refractivity (Wildman–Crippen MR) is 54.2 cm³/mol. The lowest BCUT2D eigenvalue weighted by molar-refractivity contribution is 0.101. The summed E-state index contributed by atoms with van der Waals surface area (Å²) in [5, 5.41) is 8.82. The molecule has 0 aliphatic heterocycles. The second kappa shape index (κ2) is 4.16. The van der Waals surface area contributed by atoms with E-state index in [1.54, 1.807) is 6.07 Å². The normalized spacial score (nSPS) is 9.21. The second-order valence-electron chi connectivity index (χ2n) is 2.67. The number of hydrogen-bond donors (Lipinski definition) is 0. The first kappa shape index (κ1) is 10.6. The zero-order valence-electron chi connectivity index (χ0n) is 7.37. The third-order valence-corrected chi connectivity index (χ3v) is 2.49. The first-order valence-corrected chi connectivity index (χ1v) is 4.59. The van der Waals surface area contributed by atoms with Gasteiger partial charge in [-0.25, -0.2) is 0 Å². The quantitative estimate of drug-likeness (QED) is 0.599. The van der Waals surface area contributed by atoms with Crippen molar-refractivity contribution in [2.24, 2.45) is 0 Å². The molecule has 0 fully saturated rings. The summed E-state index contributed by atoms with van der Waals surface area (Å²) >= 11 is 3.14. The third-order valence-electron chi connectivity index (χ3n) is 1.80. The number of rotatable bonds is 2. The van der Waals surface area contributed by atoms with E-state index in [0.717, 1.165) is 0 Å². The van der Waals surface area contributed by atoms with Gasteiger partial charge in [0.2, 0.25) is 0 Å². The van der Waals surface area contributed by atoms with Crippen LogP contribution in [-0.4, -0.2) is 12.1 Å². The highest BCUT2D eigenvalue weighted by molar-refractivity contribution is 9.10. The van der Waals surface area contributed by atoms with Crippen LogP contribution in [0.4, 0.5) is 0 Å². The Labute approximate surface area is 89.5 Å². The fourth-order valence-electron chi connectivity index (χ4n) is 1.12. The molecule has 1 aromatic rings. The Morgan fingerprint density at radius 2 is 2.21 bits per heavy atom. The summed E-state index contributed by atoms with van der Waals surface area (Å²) in [4.78, 5) is 21.8. The molecule has 0 bridgehead atoms.